The van der Waals surface area contributed by atoms with Crippen LogP contribution in [0.15, 0.2) is 24.3 Å². The van der Waals surface area contributed by atoms with Crippen LogP contribution in [0.2, 0.25) is 0 Å². The van der Waals surface area contributed by atoms with E-state index in [2.05, 4.69) is 50.2 Å². The van der Waals surface area contributed by atoms with Crippen molar-refractivity contribution in [2.75, 3.05) is 27.2 Å². The molecule has 0 atom stereocenters. The minimum absolute atomic E-state index is 0.856. The van der Waals surface area contributed by atoms with E-state index in [0.717, 1.165) is 25.3 Å². The molecule has 2 nitrogen and oxygen atoms in total. The third-order valence-corrected chi connectivity index (χ3v) is 4.26. The summed E-state index contributed by atoms with van der Waals surface area (Å²) in [6.07, 6.45) is 13.1. The van der Waals surface area contributed by atoms with Gasteiger partial charge in [0.05, 0.1) is 6.61 Å². The highest BCUT2D eigenvalue weighted by molar-refractivity contribution is 5.27. The number of unbranched alkanes of at least 4 members (excludes halogenated alkanes) is 7. The van der Waals surface area contributed by atoms with Gasteiger partial charge in [0.25, 0.3) is 0 Å². The molecule has 0 heterocycles. The summed E-state index contributed by atoms with van der Waals surface area (Å²) in [7, 11) is 4.25. The zero-order valence-corrected chi connectivity index (χ0v) is 15.7. The molecule has 0 aliphatic heterocycles. The van der Waals surface area contributed by atoms with Gasteiger partial charge in [-0.25, -0.2) is 0 Å². The first kappa shape index (κ1) is 20.0. The highest BCUT2D eigenvalue weighted by Gasteiger charge is 1.98. The molecule has 0 saturated carbocycles. The first-order valence-corrected chi connectivity index (χ1v) is 9.59. The highest BCUT2D eigenvalue weighted by Crippen LogP contribution is 2.14. The van der Waals surface area contributed by atoms with Gasteiger partial charge in [0.2, 0.25) is 0 Å². The molecule has 23 heavy (non-hydrogen) atoms. The van der Waals surface area contributed by atoms with Crippen molar-refractivity contribution in [3.8, 4) is 5.75 Å². The standard InChI is InChI=1S/C21H37NO/c1-4-5-6-7-8-9-10-11-19-23-21-16-14-20(15-17-21)13-12-18-22(2)3/h14-17H,4-13,18-19H2,1-3H3. The molecule has 0 aromatic heterocycles. The maximum atomic E-state index is 5.84. The molecule has 0 aliphatic carbocycles. The van der Waals surface area contributed by atoms with Crippen LogP contribution < -0.4 is 4.74 Å². The Balaban J connectivity index is 2.02. The van der Waals surface area contributed by atoms with E-state index in [1.807, 2.05) is 0 Å². The second-order valence-electron chi connectivity index (χ2n) is 6.87. The van der Waals surface area contributed by atoms with Gasteiger partial charge in [-0.2, -0.15) is 0 Å². The summed E-state index contributed by atoms with van der Waals surface area (Å²) in [6.45, 7) is 4.28. The third-order valence-electron chi connectivity index (χ3n) is 4.26. The molecule has 0 saturated heterocycles. The second-order valence-corrected chi connectivity index (χ2v) is 6.87. The lowest BCUT2D eigenvalue weighted by atomic mass is 10.1. The van der Waals surface area contributed by atoms with E-state index in [1.54, 1.807) is 0 Å². The number of aryl methyl sites for hydroxylation is 1. The van der Waals surface area contributed by atoms with E-state index in [1.165, 1.54) is 63.4 Å². The Morgan fingerprint density at radius 1 is 0.783 bits per heavy atom. The molecule has 0 N–H and O–H groups in total. The summed E-state index contributed by atoms with van der Waals surface area (Å²) in [5.74, 6) is 1.02. The Kier molecular flexibility index (Phi) is 11.7. The normalized spacial score (nSPS) is 11.1. The van der Waals surface area contributed by atoms with Gasteiger partial charge in [0, 0.05) is 0 Å². The quantitative estimate of drug-likeness (QED) is 0.408. The second kappa shape index (κ2) is 13.4. The van der Waals surface area contributed by atoms with E-state index in [-0.39, 0.29) is 0 Å². The molecule has 0 fully saturated rings. The Hall–Kier alpha value is -1.02. The largest absolute Gasteiger partial charge is 0.494 e. The molecule has 0 spiro atoms. The van der Waals surface area contributed by atoms with Crippen molar-refractivity contribution in [3.63, 3.8) is 0 Å². The third kappa shape index (κ3) is 11.2. The predicted molar refractivity (Wildman–Crippen MR) is 101 cm³/mol. The number of nitrogens with zero attached hydrogens (tertiary/aromatic N) is 1. The molecule has 0 radical (unpaired) electrons. The number of benzene rings is 1. The molecule has 0 unspecified atom stereocenters. The fraction of sp³-hybridized carbons (Fsp3) is 0.714. The van der Waals surface area contributed by atoms with Gasteiger partial charge in [-0.1, -0.05) is 64.0 Å². The van der Waals surface area contributed by atoms with Crippen LogP contribution in [0.1, 0.15) is 70.3 Å². The SMILES string of the molecule is CCCCCCCCCCOc1ccc(CCCN(C)C)cc1. The number of hydrogen-bond donors (Lipinski definition) is 0. The molecule has 0 aliphatic rings. The van der Waals surface area contributed by atoms with Gasteiger partial charge < -0.3 is 9.64 Å². The fourth-order valence-electron chi connectivity index (χ4n) is 2.78. The summed E-state index contributed by atoms with van der Waals surface area (Å²) < 4.78 is 5.84. The van der Waals surface area contributed by atoms with Gasteiger partial charge in [-0.15, -0.1) is 0 Å². The molecule has 132 valence electrons. The minimum atomic E-state index is 0.856. The monoisotopic (exact) mass is 319 g/mol. The topological polar surface area (TPSA) is 12.5 Å². The highest BCUT2D eigenvalue weighted by atomic mass is 16.5. The van der Waals surface area contributed by atoms with E-state index < -0.39 is 0 Å². The molecule has 0 bridgehead atoms. The summed E-state index contributed by atoms with van der Waals surface area (Å²) in [4.78, 5) is 2.24. The van der Waals surface area contributed by atoms with Gasteiger partial charge in [0.1, 0.15) is 5.75 Å². The van der Waals surface area contributed by atoms with Crippen molar-refractivity contribution in [2.45, 2.75) is 71.1 Å². The van der Waals surface area contributed by atoms with Crippen LogP contribution in [-0.2, 0) is 6.42 Å². The first-order chi connectivity index (χ1) is 11.2. The van der Waals surface area contributed by atoms with Crippen LogP contribution in [0.25, 0.3) is 0 Å². The van der Waals surface area contributed by atoms with Crippen molar-refractivity contribution >= 4 is 0 Å². The number of hydrogen-bond acceptors (Lipinski definition) is 2. The average molecular weight is 320 g/mol. The Labute approximate surface area is 144 Å². The van der Waals surface area contributed by atoms with Crippen LogP contribution in [-0.4, -0.2) is 32.1 Å². The minimum Gasteiger partial charge on any atom is -0.494 e. The maximum absolute atomic E-state index is 5.84. The average Bonchev–Trinajstić information content (AvgIpc) is 2.54. The zero-order valence-electron chi connectivity index (χ0n) is 15.7. The van der Waals surface area contributed by atoms with E-state index in [4.69, 9.17) is 4.74 Å². The van der Waals surface area contributed by atoms with Crippen LogP contribution in [0, 0.1) is 0 Å². The molecular formula is C21H37NO. The molecule has 1 aromatic carbocycles. The van der Waals surface area contributed by atoms with E-state index in [9.17, 15) is 0 Å². The molecular weight excluding hydrogens is 282 g/mol. The van der Waals surface area contributed by atoms with Crippen molar-refractivity contribution in [3.05, 3.63) is 29.8 Å². The molecule has 1 rings (SSSR count). The van der Waals surface area contributed by atoms with E-state index in [0.29, 0.717) is 0 Å². The summed E-state index contributed by atoms with van der Waals surface area (Å²) in [6, 6.07) is 8.66. The van der Waals surface area contributed by atoms with Crippen LogP contribution in [0.5, 0.6) is 5.75 Å². The van der Waals surface area contributed by atoms with Crippen LogP contribution in [0.3, 0.4) is 0 Å². The lowest BCUT2D eigenvalue weighted by Gasteiger charge is -2.10. The number of ether oxygens (including phenoxy) is 1. The summed E-state index contributed by atoms with van der Waals surface area (Å²) in [5.41, 5.74) is 1.41. The van der Waals surface area contributed by atoms with E-state index >= 15 is 0 Å². The Bertz CT molecular complexity index is 372. The zero-order chi connectivity index (χ0) is 16.8. The van der Waals surface area contributed by atoms with Crippen molar-refractivity contribution < 1.29 is 4.74 Å². The lowest BCUT2D eigenvalue weighted by Crippen LogP contribution is -2.13. The van der Waals surface area contributed by atoms with Gasteiger partial charge >= 0.3 is 0 Å². The van der Waals surface area contributed by atoms with Gasteiger partial charge in [-0.05, 0) is 57.6 Å². The molecule has 0 amide bonds. The van der Waals surface area contributed by atoms with Crippen molar-refractivity contribution in [2.24, 2.45) is 0 Å². The summed E-state index contributed by atoms with van der Waals surface area (Å²) in [5, 5.41) is 0. The van der Waals surface area contributed by atoms with Crippen LogP contribution >= 0.6 is 0 Å². The van der Waals surface area contributed by atoms with Gasteiger partial charge in [-0.3, -0.25) is 0 Å². The Morgan fingerprint density at radius 2 is 1.39 bits per heavy atom. The molecule has 1 aromatic rings. The first-order valence-electron chi connectivity index (χ1n) is 9.59. The summed E-state index contributed by atoms with van der Waals surface area (Å²) >= 11 is 0. The van der Waals surface area contributed by atoms with Crippen molar-refractivity contribution in [1.82, 2.24) is 4.90 Å². The smallest absolute Gasteiger partial charge is 0.119 e. The maximum Gasteiger partial charge on any atom is 0.119 e. The lowest BCUT2D eigenvalue weighted by molar-refractivity contribution is 0.304. The van der Waals surface area contributed by atoms with Gasteiger partial charge in [0.15, 0.2) is 0 Å². The fourth-order valence-corrected chi connectivity index (χ4v) is 2.78. The van der Waals surface area contributed by atoms with Crippen molar-refractivity contribution in [1.29, 1.82) is 0 Å². The number of rotatable bonds is 14. The Morgan fingerprint density at radius 3 is 2.00 bits per heavy atom. The van der Waals surface area contributed by atoms with Crippen LogP contribution in [0.4, 0.5) is 0 Å². The molecule has 2 heteroatoms. The predicted octanol–water partition coefficient (Wildman–Crippen LogP) is 5.70.